The Morgan fingerprint density at radius 2 is 2.00 bits per heavy atom. The third kappa shape index (κ3) is 4.84. The van der Waals surface area contributed by atoms with Crippen molar-refractivity contribution >= 4 is 34.0 Å². The van der Waals surface area contributed by atoms with E-state index in [9.17, 15) is 8.42 Å². The summed E-state index contributed by atoms with van der Waals surface area (Å²) < 4.78 is 33.7. The highest BCUT2D eigenvalue weighted by Gasteiger charge is 2.39. The van der Waals surface area contributed by atoms with Gasteiger partial charge >= 0.3 is 0 Å². The van der Waals surface area contributed by atoms with Gasteiger partial charge in [-0.3, -0.25) is 0 Å². The number of rotatable bonds is 6. The molecule has 26 heavy (non-hydrogen) atoms. The van der Waals surface area contributed by atoms with E-state index in [-0.39, 0.29) is 28.8 Å². The Kier molecular flexibility index (Phi) is 6.89. The van der Waals surface area contributed by atoms with Gasteiger partial charge in [0, 0.05) is 24.2 Å². The summed E-state index contributed by atoms with van der Waals surface area (Å²) >= 11 is 6.08. The van der Waals surface area contributed by atoms with Gasteiger partial charge in [0.15, 0.2) is 0 Å². The number of nitrogens with two attached hydrogens (primary N) is 1. The Bertz CT molecular complexity index is 736. The lowest BCUT2D eigenvalue weighted by atomic mass is 9.81. The van der Waals surface area contributed by atoms with Crippen LogP contribution in [-0.4, -0.2) is 38.5 Å². The Labute approximate surface area is 167 Å². The van der Waals surface area contributed by atoms with Gasteiger partial charge in [0.2, 0.25) is 10.0 Å². The van der Waals surface area contributed by atoms with Gasteiger partial charge in [-0.1, -0.05) is 38.3 Å². The second-order valence-electron chi connectivity index (χ2n) is 7.89. The topological polar surface area (TPSA) is 72.6 Å². The lowest BCUT2D eigenvalue weighted by Gasteiger charge is -2.41. The van der Waals surface area contributed by atoms with Crippen LogP contribution in [0.5, 0.6) is 5.75 Å². The largest absolute Gasteiger partial charge is 0.492 e. The number of piperidine rings is 1. The predicted octanol–water partition coefficient (Wildman–Crippen LogP) is 3.69. The monoisotopic (exact) mass is 422 g/mol. The quantitative estimate of drug-likeness (QED) is 0.758. The zero-order chi connectivity index (χ0) is 18.2. The van der Waals surface area contributed by atoms with Crippen molar-refractivity contribution in [1.29, 1.82) is 0 Å². The number of benzene rings is 1. The van der Waals surface area contributed by atoms with Crippen LogP contribution in [0, 0.1) is 11.3 Å². The molecule has 1 heterocycles. The highest BCUT2D eigenvalue weighted by Crippen LogP contribution is 2.36. The molecule has 1 aliphatic heterocycles. The standard InChI is InChI=1S/C18H27ClN2O3S.ClH/c1-18(2)12-21(9-7-17(18)20)25(22,23)16-11-14(19)5-6-15(16)24-10-8-13-3-4-13;/h5-6,11,13,17H,3-4,7-10,12,20H2,1-2H3;1H. The van der Waals surface area contributed by atoms with Crippen LogP contribution < -0.4 is 10.5 Å². The van der Waals surface area contributed by atoms with E-state index in [2.05, 4.69) is 0 Å². The van der Waals surface area contributed by atoms with Crippen LogP contribution in [0.4, 0.5) is 0 Å². The molecule has 2 aliphatic rings. The van der Waals surface area contributed by atoms with E-state index in [1.165, 1.54) is 23.2 Å². The van der Waals surface area contributed by atoms with Crippen LogP contribution in [0.3, 0.4) is 0 Å². The van der Waals surface area contributed by atoms with E-state index in [4.69, 9.17) is 22.1 Å². The molecule has 1 saturated carbocycles. The normalized spacial score (nSPS) is 23.3. The Hall–Kier alpha value is -0.530. The number of hydrogen-bond acceptors (Lipinski definition) is 4. The summed E-state index contributed by atoms with van der Waals surface area (Å²) in [5, 5.41) is 0.390. The van der Waals surface area contributed by atoms with Crippen LogP contribution >= 0.6 is 24.0 Å². The average Bonchev–Trinajstić information content (AvgIpc) is 3.35. The Morgan fingerprint density at radius 1 is 1.31 bits per heavy atom. The molecular formula is C18H28Cl2N2O3S. The molecule has 0 aromatic heterocycles. The van der Waals surface area contributed by atoms with Crippen molar-refractivity contribution in [2.24, 2.45) is 17.1 Å². The SMILES string of the molecule is CC1(C)CN(S(=O)(=O)c2cc(Cl)ccc2OCCC2CC2)CCC1N.Cl. The number of nitrogens with zero attached hydrogens (tertiary/aromatic N) is 1. The first-order valence-corrected chi connectivity index (χ1v) is 10.7. The van der Waals surface area contributed by atoms with Crippen LogP contribution in [0.25, 0.3) is 0 Å². The number of halogens is 2. The smallest absolute Gasteiger partial charge is 0.246 e. The maximum atomic E-state index is 13.2. The molecular weight excluding hydrogens is 395 g/mol. The van der Waals surface area contributed by atoms with Crippen LogP contribution in [0.1, 0.15) is 39.5 Å². The van der Waals surface area contributed by atoms with Crippen molar-refractivity contribution in [2.75, 3.05) is 19.7 Å². The summed E-state index contributed by atoms with van der Waals surface area (Å²) in [5.74, 6) is 1.12. The average molecular weight is 423 g/mol. The maximum Gasteiger partial charge on any atom is 0.246 e. The molecule has 1 atom stereocenters. The Morgan fingerprint density at radius 3 is 2.62 bits per heavy atom. The van der Waals surface area contributed by atoms with E-state index in [1.54, 1.807) is 12.1 Å². The molecule has 0 spiro atoms. The molecule has 1 aromatic carbocycles. The number of ether oxygens (including phenoxy) is 1. The van der Waals surface area contributed by atoms with E-state index in [1.807, 2.05) is 13.8 Å². The third-order valence-electron chi connectivity index (χ3n) is 5.28. The van der Waals surface area contributed by atoms with Crippen molar-refractivity contribution < 1.29 is 13.2 Å². The molecule has 0 bridgehead atoms. The fourth-order valence-corrected chi connectivity index (χ4v) is 5.23. The maximum absolute atomic E-state index is 13.2. The number of hydrogen-bond donors (Lipinski definition) is 1. The number of sulfonamides is 1. The van der Waals surface area contributed by atoms with Crippen LogP contribution in [-0.2, 0) is 10.0 Å². The first-order valence-electron chi connectivity index (χ1n) is 8.88. The van der Waals surface area contributed by atoms with Gasteiger partial charge in [0.25, 0.3) is 0 Å². The van der Waals surface area contributed by atoms with Crippen molar-refractivity contribution in [3.8, 4) is 5.75 Å². The summed E-state index contributed by atoms with van der Waals surface area (Å²) in [6, 6.07) is 4.81. The van der Waals surface area contributed by atoms with Gasteiger partial charge in [-0.05, 0) is 42.4 Å². The van der Waals surface area contributed by atoms with Crippen LogP contribution in [0.2, 0.25) is 5.02 Å². The molecule has 0 amide bonds. The minimum atomic E-state index is -3.68. The molecule has 1 unspecified atom stereocenters. The molecule has 148 valence electrons. The second-order valence-corrected chi connectivity index (χ2v) is 10.2. The molecule has 1 saturated heterocycles. The minimum absolute atomic E-state index is 0. The lowest BCUT2D eigenvalue weighted by molar-refractivity contribution is 0.155. The molecule has 1 aromatic rings. The molecule has 8 heteroatoms. The van der Waals surface area contributed by atoms with Gasteiger partial charge in [-0.2, -0.15) is 4.31 Å². The summed E-state index contributed by atoms with van der Waals surface area (Å²) in [6.45, 7) is 5.35. The Balaban J connectivity index is 0.00000243. The lowest BCUT2D eigenvalue weighted by Crippen LogP contribution is -2.53. The highest BCUT2D eigenvalue weighted by atomic mass is 35.5. The van der Waals surface area contributed by atoms with Gasteiger partial charge < -0.3 is 10.5 Å². The molecule has 2 fully saturated rings. The van der Waals surface area contributed by atoms with Gasteiger partial charge in [-0.15, -0.1) is 12.4 Å². The summed E-state index contributed by atoms with van der Waals surface area (Å²) in [5.41, 5.74) is 5.88. The zero-order valence-electron chi connectivity index (χ0n) is 15.3. The van der Waals surface area contributed by atoms with E-state index in [0.29, 0.717) is 36.9 Å². The van der Waals surface area contributed by atoms with Crippen molar-refractivity contribution in [1.82, 2.24) is 4.31 Å². The molecule has 0 radical (unpaired) electrons. The van der Waals surface area contributed by atoms with E-state index in [0.717, 1.165) is 12.3 Å². The van der Waals surface area contributed by atoms with Crippen LogP contribution in [0.15, 0.2) is 23.1 Å². The van der Waals surface area contributed by atoms with E-state index >= 15 is 0 Å². The fourth-order valence-electron chi connectivity index (χ4n) is 3.21. The predicted molar refractivity (Wildman–Crippen MR) is 107 cm³/mol. The minimum Gasteiger partial charge on any atom is -0.492 e. The van der Waals surface area contributed by atoms with Gasteiger partial charge in [-0.25, -0.2) is 8.42 Å². The first-order chi connectivity index (χ1) is 11.7. The van der Waals surface area contributed by atoms with Crippen molar-refractivity contribution in [3.63, 3.8) is 0 Å². The highest BCUT2D eigenvalue weighted by molar-refractivity contribution is 7.89. The van der Waals surface area contributed by atoms with Crippen molar-refractivity contribution in [2.45, 2.75) is 50.5 Å². The third-order valence-corrected chi connectivity index (χ3v) is 7.38. The molecule has 1 aliphatic carbocycles. The molecule has 5 nitrogen and oxygen atoms in total. The van der Waals surface area contributed by atoms with E-state index < -0.39 is 10.0 Å². The summed E-state index contributed by atoms with van der Waals surface area (Å²) in [4.78, 5) is 0.155. The zero-order valence-corrected chi connectivity index (χ0v) is 17.7. The van der Waals surface area contributed by atoms with Crippen molar-refractivity contribution in [3.05, 3.63) is 23.2 Å². The second kappa shape index (κ2) is 8.23. The first kappa shape index (κ1) is 21.8. The fraction of sp³-hybridized carbons (Fsp3) is 0.667. The molecule has 3 rings (SSSR count). The summed E-state index contributed by atoms with van der Waals surface area (Å²) in [7, 11) is -3.68. The summed E-state index contributed by atoms with van der Waals surface area (Å²) in [6.07, 6.45) is 4.11. The molecule has 2 N–H and O–H groups in total. The van der Waals surface area contributed by atoms with Gasteiger partial charge in [0.1, 0.15) is 10.6 Å². The van der Waals surface area contributed by atoms with Gasteiger partial charge in [0.05, 0.1) is 6.61 Å².